The van der Waals surface area contributed by atoms with Crippen molar-refractivity contribution in [2.75, 3.05) is 0 Å². The van der Waals surface area contributed by atoms with Gasteiger partial charge in [0.05, 0.1) is 34.9 Å². The Morgan fingerprint density at radius 3 is 1.31 bits per heavy atom. The second-order valence-corrected chi connectivity index (χ2v) is 21.1. The first kappa shape index (κ1) is 46.9. The van der Waals surface area contributed by atoms with Gasteiger partial charge in [0.2, 0.25) is 0 Å². The predicted molar refractivity (Wildman–Crippen MR) is 321 cm³/mol. The van der Waals surface area contributed by atoms with Gasteiger partial charge in [-0.05, 0) is 190 Å². The summed E-state index contributed by atoms with van der Waals surface area (Å²) in [5.41, 5.74) is 29.3. The number of hydrogen-bond acceptors (Lipinski definition) is 1. The van der Waals surface area contributed by atoms with Gasteiger partial charge in [0.1, 0.15) is 0 Å². The molecule has 1 heterocycles. The largest absolute Gasteiger partial charge is 0.309 e. The molecule has 0 fully saturated rings. The maximum absolute atomic E-state index is 10.8. The molecule has 0 saturated carbocycles. The second-order valence-electron chi connectivity index (χ2n) is 21.1. The molecule has 11 aromatic carbocycles. The summed E-state index contributed by atoms with van der Waals surface area (Å²) in [7, 11) is 0. The van der Waals surface area contributed by atoms with E-state index in [9.17, 15) is 5.26 Å². The van der Waals surface area contributed by atoms with E-state index in [1.165, 1.54) is 77.9 Å². The first-order valence-electron chi connectivity index (χ1n) is 26.4. The molecule has 1 aliphatic carbocycles. The van der Waals surface area contributed by atoms with E-state index in [4.69, 9.17) is 6.57 Å². The van der Waals surface area contributed by atoms with E-state index in [0.717, 1.165) is 72.0 Å². The number of aryl methyl sites for hydroxylation is 5. The van der Waals surface area contributed by atoms with Gasteiger partial charge in [0.25, 0.3) is 0 Å². The molecule has 0 aliphatic heterocycles. The number of fused-ring (bicyclic) bond motifs is 6. The molecule has 0 spiro atoms. The molecular formula is C74H53N3. The van der Waals surface area contributed by atoms with Gasteiger partial charge >= 0.3 is 0 Å². The summed E-state index contributed by atoms with van der Waals surface area (Å²) in [5, 5.41) is 13.1. The first-order valence-corrected chi connectivity index (χ1v) is 26.4. The van der Waals surface area contributed by atoms with Crippen LogP contribution in [0.4, 0.5) is 5.69 Å². The van der Waals surface area contributed by atoms with E-state index >= 15 is 0 Å². The zero-order valence-corrected chi connectivity index (χ0v) is 43.8. The van der Waals surface area contributed by atoms with Crippen molar-refractivity contribution in [2.24, 2.45) is 0 Å². The molecule has 77 heavy (non-hydrogen) atoms. The fraction of sp³-hybridized carbons (Fsp3) is 0.0811. The summed E-state index contributed by atoms with van der Waals surface area (Å²) in [6, 6.07) is 84.4. The SMILES string of the molecule is [C-]#[N+]c1ccc(-n2c3ccc(-c4cccc(C)c4)cc3c3cc(-c4cccc(C)c4)ccc32)c(-c2cc(C3c4ccc(-c5cccc(C)c5)cc4-c4cc(-c5cccc(C)c5)ccc43)ccc2-c2ccc(C)cc2C#N)c1. The standard InChI is InChI=1S/C74H53N3/c1-45-11-7-15-50(33-45)54-20-28-63-66(38-54)67-39-55(51-16-8-12-46(2)34-51)21-29-64(67)74(63)58-22-27-62(61-26-19-49(5)37-59(61)44-75)65(42-58)70-43-60(76-6)25-32-73(70)77-71-30-23-56(52-17-9-13-47(3)35-52)40-68(71)69-41-57(24-31-72(69)77)53-18-10-14-48(4)36-53/h7-43,74H,1-5H3. The average Bonchev–Trinajstić information content (AvgIpc) is 4.20. The highest BCUT2D eigenvalue weighted by Gasteiger charge is 2.32. The minimum Gasteiger partial charge on any atom is -0.309 e. The monoisotopic (exact) mass is 983 g/mol. The van der Waals surface area contributed by atoms with E-state index in [1.807, 2.05) is 19.1 Å². The van der Waals surface area contributed by atoms with Crippen LogP contribution in [0.25, 0.3) is 110 Å². The molecule has 1 aliphatic rings. The number of rotatable bonds is 8. The summed E-state index contributed by atoms with van der Waals surface area (Å²) in [6.07, 6.45) is 0. The Morgan fingerprint density at radius 2 is 0.831 bits per heavy atom. The molecule has 364 valence electrons. The van der Waals surface area contributed by atoms with Crippen LogP contribution in [0, 0.1) is 52.5 Å². The maximum Gasteiger partial charge on any atom is 0.188 e. The van der Waals surface area contributed by atoms with E-state index in [0.29, 0.717) is 11.3 Å². The van der Waals surface area contributed by atoms with Crippen molar-refractivity contribution in [1.29, 1.82) is 5.26 Å². The molecule has 0 radical (unpaired) electrons. The Balaban J connectivity index is 1.07. The number of benzene rings is 11. The normalized spacial score (nSPS) is 11.9. The molecule has 3 heteroatoms. The lowest BCUT2D eigenvalue weighted by Crippen LogP contribution is -2.03. The Morgan fingerprint density at radius 1 is 0.377 bits per heavy atom. The van der Waals surface area contributed by atoms with Crippen molar-refractivity contribution in [3.8, 4) is 89.6 Å². The number of nitrogens with zero attached hydrogens (tertiary/aromatic N) is 3. The van der Waals surface area contributed by atoms with Crippen molar-refractivity contribution < 1.29 is 0 Å². The van der Waals surface area contributed by atoms with Gasteiger partial charge < -0.3 is 4.57 Å². The minimum absolute atomic E-state index is 0.0970. The molecule has 1 aromatic heterocycles. The fourth-order valence-corrected chi connectivity index (χ4v) is 12.1. The lowest BCUT2D eigenvalue weighted by Gasteiger charge is -2.22. The molecule has 13 rings (SSSR count). The van der Waals surface area contributed by atoms with E-state index in [1.54, 1.807) is 0 Å². The van der Waals surface area contributed by atoms with Crippen LogP contribution < -0.4 is 0 Å². The van der Waals surface area contributed by atoms with Gasteiger partial charge in [-0.1, -0.05) is 186 Å². The lowest BCUT2D eigenvalue weighted by molar-refractivity contribution is 1.02. The number of aromatic nitrogens is 1. The highest BCUT2D eigenvalue weighted by atomic mass is 15.0. The molecule has 0 bridgehead atoms. The van der Waals surface area contributed by atoms with Gasteiger partial charge in [0, 0.05) is 22.3 Å². The predicted octanol–water partition coefficient (Wildman–Crippen LogP) is 19.9. The maximum atomic E-state index is 10.8. The van der Waals surface area contributed by atoms with Crippen LogP contribution in [0.1, 0.15) is 56.0 Å². The summed E-state index contributed by atoms with van der Waals surface area (Å²) in [6.45, 7) is 19.1. The van der Waals surface area contributed by atoms with Gasteiger partial charge in [-0.15, -0.1) is 0 Å². The van der Waals surface area contributed by atoms with Crippen LogP contribution >= 0.6 is 0 Å². The zero-order valence-electron chi connectivity index (χ0n) is 43.8. The Bertz CT molecular complexity index is 4290. The molecule has 3 nitrogen and oxygen atoms in total. The van der Waals surface area contributed by atoms with Crippen molar-refractivity contribution in [3.63, 3.8) is 0 Å². The Kier molecular flexibility index (Phi) is 11.5. The highest BCUT2D eigenvalue weighted by Crippen LogP contribution is 2.52. The number of nitriles is 1. The molecule has 12 aromatic rings. The van der Waals surface area contributed by atoms with Crippen LogP contribution in [0.2, 0.25) is 0 Å². The van der Waals surface area contributed by atoms with Crippen molar-refractivity contribution in [1.82, 2.24) is 4.57 Å². The summed E-state index contributed by atoms with van der Waals surface area (Å²) >= 11 is 0. The van der Waals surface area contributed by atoms with Crippen LogP contribution in [-0.4, -0.2) is 4.57 Å². The fourth-order valence-electron chi connectivity index (χ4n) is 12.1. The minimum atomic E-state index is -0.0970. The third-order valence-electron chi connectivity index (χ3n) is 15.8. The highest BCUT2D eigenvalue weighted by molar-refractivity contribution is 6.12. The van der Waals surface area contributed by atoms with Crippen LogP contribution in [0.5, 0.6) is 0 Å². The molecule has 0 N–H and O–H groups in total. The van der Waals surface area contributed by atoms with E-state index < -0.39 is 0 Å². The summed E-state index contributed by atoms with van der Waals surface area (Å²) in [4.78, 5) is 4.08. The lowest BCUT2D eigenvalue weighted by atomic mass is 9.83. The molecular weight excluding hydrogens is 931 g/mol. The molecule has 0 unspecified atom stereocenters. The molecule has 0 saturated heterocycles. The van der Waals surface area contributed by atoms with Crippen LogP contribution in [0.3, 0.4) is 0 Å². The quantitative estimate of drug-likeness (QED) is 0.140. The summed E-state index contributed by atoms with van der Waals surface area (Å²) < 4.78 is 2.39. The van der Waals surface area contributed by atoms with Gasteiger partial charge in [-0.2, -0.15) is 5.26 Å². The van der Waals surface area contributed by atoms with Crippen molar-refractivity contribution in [3.05, 3.63) is 286 Å². The molecule has 0 amide bonds. The molecule has 0 atom stereocenters. The number of hydrogen-bond donors (Lipinski definition) is 0. The average molecular weight is 984 g/mol. The third-order valence-corrected chi connectivity index (χ3v) is 15.8. The van der Waals surface area contributed by atoms with Gasteiger partial charge in [0.15, 0.2) is 5.69 Å². The van der Waals surface area contributed by atoms with E-state index in [-0.39, 0.29) is 5.92 Å². The first-order chi connectivity index (χ1) is 37.6. The topological polar surface area (TPSA) is 33.1 Å². The van der Waals surface area contributed by atoms with Gasteiger partial charge in [-0.25, -0.2) is 4.85 Å². The summed E-state index contributed by atoms with van der Waals surface area (Å²) in [5.74, 6) is -0.0970. The zero-order chi connectivity index (χ0) is 52.5. The van der Waals surface area contributed by atoms with Crippen molar-refractivity contribution in [2.45, 2.75) is 40.5 Å². The second kappa shape index (κ2) is 18.8. The van der Waals surface area contributed by atoms with Crippen LogP contribution in [0.15, 0.2) is 224 Å². The smallest absolute Gasteiger partial charge is 0.188 e. The Labute approximate surface area is 451 Å². The van der Waals surface area contributed by atoms with Crippen molar-refractivity contribution >= 4 is 27.5 Å². The van der Waals surface area contributed by atoms with Crippen LogP contribution in [-0.2, 0) is 0 Å². The van der Waals surface area contributed by atoms with Gasteiger partial charge in [-0.3, -0.25) is 0 Å². The Hall–Kier alpha value is -9.80. The third kappa shape index (κ3) is 8.31. The van der Waals surface area contributed by atoms with E-state index in [2.05, 4.69) is 255 Å².